The van der Waals surface area contributed by atoms with Gasteiger partial charge in [-0.05, 0) is 55.6 Å². The number of fused-ring (bicyclic) bond motifs is 3. The molecular formula is C26H31N3O5. The minimum absolute atomic E-state index is 0.00935. The van der Waals surface area contributed by atoms with E-state index in [1.807, 2.05) is 24.3 Å². The molecule has 0 bridgehead atoms. The predicted molar refractivity (Wildman–Crippen MR) is 127 cm³/mol. The van der Waals surface area contributed by atoms with Gasteiger partial charge in [-0.2, -0.15) is 0 Å². The van der Waals surface area contributed by atoms with E-state index in [9.17, 15) is 19.5 Å². The number of likely N-dealkylation sites (N-methyl/N-ethyl adjacent to an activating group) is 1. The van der Waals surface area contributed by atoms with Gasteiger partial charge in [-0.3, -0.25) is 4.79 Å². The normalized spacial score (nSPS) is 19.9. The average molecular weight is 466 g/mol. The Labute approximate surface area is 199 Å². The molecule has 0 radical (unpaired) electrons. The number of ether oxygens (including phenoxy) is 1. The third-order valence-electron chi connectivity index (χ3n) is 6.63. The predicted octanol–water partition coefficient (Wildman–Crippen LogP) is 2.82. The number of nitrogens with one attached hydrogen (secondary N) is 2. The Morgan fingerprint density at radius 1 is 1.03 bits per heavy atom. The van der Waals surface area contributed by atoms with E-state index in [0.29, 0.717) is 19.3 Å². The third-order valence-corrected chi connectivity index (χ3v) is 6.63. The molecule has 34 heavy (non-hydrogen) atoms. The molecule has 8 heteroatoms. The number of hydrogen-bond donors (Lipinski definition) is 3. The third kappa shape index (κ3) is 5.22. The van der Waals surface area contributed by atoms with Crippen molar-refractivity contribution in [3.05, 3.63) is 59.7 Å². The molecule has 0 saturated heterocycles. The van der Waals surface area contributed by atoms with E-state index in [1.165, 1.54) is 11.1 Å². The summed E-state index contributed by atoms with van der Waals surface area (Å²) >= 11 is 0. The van der Waals surface area contributed by atoms with Gasteiger partial charge >= 0.3 is 12.1 Å². The number of alkyl carbamates (subject to hydrolysis) is 1. The van der Waals surface area contributed by atoms with Crippen LogP contribution in [0.15, 0.2) is 48.5 Å². The van der Waals surface area contributed by atoms with Crippen LogP contribution in [0.1, 0.15) is 36.3 Å². The molecule has 0 heterocycles. The molecule has 0 aromatic heterocycles. The molecule has 4 rings (SSSR count). The Morgan fingerprint density at radius 3 is 2.24 bits per heavy atom. The van der Waals surface area contributed by atoms with Gasteiger partial charge < -0.3 is 25.4 Å². The molecule has 1 saturated carbocycles. The minimum Gasteiger partial charge on any atom is -0.480 e. The topological polar surface area (TPSA) is 108 Å². The Bertz CT molecular complexity index is 1020. The van der Waals surface area contributed by atoms with Crippen molar-refractivity contribution in [2.75, 3.05) is 27.2 Å². The quantitative estimate of drug-likeness (QED) is 0.553. The van der Waals surface area contributed by atoms with Gasteiger partial charge in [-0.25, -0.2) is 9.59 Å². The fourth-order valence-electron chi connectivity index (χ4n) is 5.00. The first-order valence-electron chi connectivity index (χ1n) is 11.6. The van der Waals surface area contributed by atoms with Crippen LogP contribution in [0.25, 0.3) is 11.1 Å². The molecule has 0 spiro atoms. The van der Waals surface area contributed by atoms with E-state index in [0.717, 1.165) is 11.1 Å². The number of nitrogens with zero attached hydrogens (tertiary/aromatic N) is 1. The van der Waals surface area contributed by atoms with E-state index in [1.54, 1.807) is 19.0 Å². The zero-order chi connectivity index (χ0) is 24.2. The van der Waals surface area contributed by atoms with Gasteiger partial charge in [-0.15, -0.1) is 0 Å². The van der Waals surface area contributed by atoms with Crippen LogP contribution in [-0.4, -0.2) is 67.3 Å². The summed E-state index contributed by atoms with van der Waals surface area (Å²) in [5, 5.41) is 14.8. The van der Waals surface area contributed by atoms with Gasteiger partial charge in [0.2, 0.25) is 5.91 Å². The zero-order valence-electron chi connectivity index (χ0n) is 19.5. The summed E-state index contributed by atoms with van der Waals surface area (Å²) in [4.78, 5) is 38.2. The molecule has 2 amide bonds. The molecule has 2 aliphatic rings. The van der Waals surface area contributed by atoms with Crippen molar-refractivity contribution in [3.63, 3.8) is 0 Å². The second-order valence-electron chi connectivity index (χ2n) is 9.34. The first kappa shape index (κ1) is 23.8. The summed E-state index contributed by atoms with van der Waals surface area (Å²) in [6.45, 7) is 0.455. The lowest BCUT2D eigenvalue weighted by molar-refractivity contribution is -0.142. The van der Waals surface area contributed by atoms with Gasteiger partial charge in [0.25, 0.3) is 0 Å². The average Bonchev–Trinajstić information content (AvgIpc) is 3.39. The highest BCUT2D eigenvalue weighted by molar-refractivity contribution is 5.85. The molecule has 1 fully saturated rings. The molecule has 2 aromatic carbocycles. The number of carbonyl (C=O) groups excluding carboxylic acids is 2. The Hall–Kier alpha value is -3.39. The van der Waals surface area contributed by atoms with Crippen LogP contribution < -0.4 is 10.6 Å². The van der Waals surface area contributed by atoms with E-state index >= 15 is 0 Å². The highest BCUT2D eigenvalue weighted by Crippen LogP contribution is 2.44. The molecule has 1 unspecified atom stereocenters. The standard InChI is InChI=1S/C26H31N3O5/c1-29(2)14-23(25(31)32)28-24(30)16-11-12-17(13-16)27-26(33)34-15-22-20-9-5-3-7-18(20)19-8-4-6-10-21(19)22/h3-10,16-17,22-23H,11-15H2,1-2H3,(H,27,33)(H,28,30)(H,31,32)/t16-,17+,23?/m0/s1. The first-order chi connectivity index (χ1) is 16.3. The van der Waals surface area contributed by atoms with Crippen LogP contribution in [0.5, 0.6) is 0 Å². The molecule has 2 aromatic rings. The molecule has 3 atom stereocenters. The number of carboxylic acid groups (broad SMARTS) is 1. The van der Waals surface area contributed by atoms with Crippen LogP contribution in [0.3, 0.4) is 0 Å². The van der Waals surface area contributed by atoms with Crippen molar-refractivity contribution in [1.82, 2.24) is 15.5 Å². The molecule has 0 aliphatic heterocycles. The van der Waals surface area contributed by atoms with Crippen LogP contribution in [-0.2, 0) is 14.3 Å². The number of amides is 2. The van der Waals surface area contributed by atoms with E-state index in [4.69, 9.17) is 4.74 Å². The number of carbonyl (C=O) groups is 3. The maximum absolute atomic E-state index is 12.6. The van der Waals surface area contributed by atoms with Crippen molar-refractivity contribution >= 4 is 18.0 Å². The first-order valence-corrected chi connectivity index (χ1v) is 11.6. The molecule has 3 N–H and O–H groups in total. The lowest BCUT2D eigenvalue weighted by Gasteiger charge is -2.20. The molecule has 180 valence electrons. The van der Waals surface area contributed by atoms with Crippen LogP contribution in [0.2, 0.25) is 0 Å². The monoisotopic (exact) mass is 465 g/mol. The minimum atomic E-state index is -1.06. The summed E-state index contributed by atoms with van der Waals surface area (Å²) in [7, 11) is 3.51. The molecule has 2 aliphatic carbocycles. The number of carboxylic acids is 1. The Balaban J connectivity index is 1.29. The van der Waals surface area contributed by atoms with Crippen molar-refractivity contribution < 1.29 is 24.2 Å². The highest BCUT2D eigenvalue weighted by atomic mass is 16.5. The largest absolute Gasteiger partial charge is 0.480 e. The van der Waals surface area contributed by atoms with E-state index < -0.39 is 18.1 Å². The fourth-order valence-corrected chi connectivity index (χ4v) is 5.00. The van der Waals surface area contributed by atoms with Gasteiger partial charge in [0.05, 0.1) is 0 Å². The number of rotatable bonds is 8. The Morgan fingerprint density at radius 2 is 1.65 bits per heavy atom. The molecular weight excluding hydrogens is 434 g/mol. The summed E-state index contributed by atoms with van der Waals surface area (Å²) in [6, 6.07) is 15.2. The lowest BCUT2D eigenvalue weighted by atomic mass is 9.98. The lowest BCUT2D eigenvalue weighted by Crippen LogP contribution is -2.48. The van der Waals surface area contributed by atoms with Gasteiger partial charge in [0, 0.05) is 24.4 Å². The zero-order valence-corrected chi connectivity index (χ0v) is 19.5. The number of hydrogen-bond acceptors (Lipinski definition) is 5. The van der Waals surface area contributed by atoms with Gasteiger partial charge in [0.1, 0.15) is 12.6 Å². The fraction of sp³-hybridized carbons (Fsp3) is 0.423. The van der Waals surface area contributed by atoms with Gasteiger partial charge in [-0.1, -0.05) is 48.5 Å². The summed E-state index contributed by atoms with van der Waals surface area (Å²) in [5.41, 5.74) is 4.65. The number of benzene rings is 2. The summed E-state index contributed by atoms with van der Waals surface area (Å²) in [6.07, 6.45) is 1.20. The van der Waals surface area contributed by atoms with E-state index in [-0.39, 0.29) is 36.9 Å². The van der Waals surface area contributed by atoms with Crippen molar-refractivity contribution in [3.8, 4) is 11.1 Å². The molecule has 8 nitrogen and oxygen atoms in total. The smallest absolute Gasteiger partial charge is 0.407 e. The second-order valence-corrected chi connectivity index (χ2v) is 9.34. The van der Waals surface area contributed by atoms with Crippen LogP contribution in [0.4, 0.5) is 4.79 Å². The maximum atomic E-state index is 12.6. The number of aliphatic carboxylic acids is 1. The SMILES string of the molecule is CN(C)CC(NC(=O)[C@H]1CC[C@@H](NC(=O)OCC2c3ccccc3-c3ccccc32)C1)C(=O)O. The summed E-state index contributed by atoms with van der Waals surface area (Å²) in [5.74, 6) is -1.69. The highest BCUT2D eigenvalue weighted by Gasteiger charge is 2.34. The second kappa shape index (κ2) is 10.3. The van der Waals surface area contributed by atoms with Crippen molar-refractivity contribution in [2.24, 2.45) is 5.92 Å². The summed E-state index contributed by atoms with van der Waals surface area (Å²) < 4.78 is 5.60. The van der Waals surface area contributed by atoms with Gasteiger partial charge in [0.15, 0.2) is 0 Å². The maximum Gasteiger partial charge on any atom is 0.407 e. The van der Waals surface area contributed by atoms with Crippen LogP contribution >= 0.6 is 0 Å². The van der Waals surface area contributed by atoms with Crippen molar-refractivity contribution in [1.29, 1.82) is 0 Å². The van der Waals surface area contributed by atoms with Crippen molar-refractivity contribution in [2.45, 2.75) is 37.3 Å². The van der Waals surface area contributed by atoms with Crippen LogP contribution in [0, 0.1) is 5.92 Å². The van der Waals surface area contributed by atoms with E-state index in [2.05, 4.69) is 34.9 Å². The Kier molecular flexibility index (Phi) is 7.17.